The minimum Gasteiger partial charge on any atom is -0.399 e. The molecule has 3 rings (SSSR count). The average Bonchev–Trinajstić information content (AvgIpc) is 3.12. The number of hydrogen-bond donors (Lipinski definition) is 2. The summed E-state index contributed by atoms with van der Waals surface area (Å²) < 4.78 is 0. The van der Waals surface area contributed by atoms with Gasteiger partial charge in [-0.25, -0.2) is 0 Å². The number of hydrogen-bond acceptors (Lipinski definition) is 2. The molecular weight excluding hydrogens is 208 g/mol. The van der Waals surface area contributed by atoms with Crippen molar-refractivity contribution < 1.29 is 0 Å². The minimum absolute atomic E-state index is 0.210. The maximum Gasteiger partial charge on any atom is 0.0314 e. The van der Waals surface area contributed by atoms with Crippen LogP contribution in [-0.2, 0) is 5.41 Å². The van der Waals surface area contributed by atoms with Gasteiger partial charge in [-0.2, -0.15) is 0 Å². The first-order valence-corrected chi connectivity index (χ1v) is 5.93. The van der Waals surface area contributed by atoms with E-state index in [1.54, 1.807) is 0 Å². The Morgan fingerprint density at radius 3 is 1.29 bits per heavy atom. The first-order valence-electron chi connectivity index (χ1n) is 5.93. The Labute approximate surface area is 101 Å². The second-order valence-electron chi connectivity index (χ2n) is 4.83. The second kappa shape index (κ2) is 3.52. The van der Waals surface area contributed by atoms with Crippen LogP contribution in [0.15, 0.2) is 48.5 Å². The van der Waals surface area contributed by atoms with Gasteiger partial charge in [-0.05, 0) is 48.2 Å². The lowest BCUT2D eigenvalue weighted by Gasteiger charge is -2.16. The van der Waals surface area contributed by atoms with E-state index in [1.807, 2.05) is 24.3 Å². The van der Waals surface area contributed by atoms with Crippen molar-refractivity contribution >= 4 is 11.4 Å². The third-order valence-electron chi connectivity index (χ3n) is 3.68. The van der Waals surface area contributed by atoms with Crippen molar-refractivity contribution in [2.45, 2.75) is 18.3 Å². The Hall–Kier alpha value is -1.96. The van der Waals surface area contributed by atoms with Crippen LogP contribution in [0, 0.1) is 0 Å². The zero-order valence-corrected chi connectivity index (χ0v) is 9.69. The normalized spacial score (nSPS) is 16.7. The molecular formula is C15H16N2. The van der Waals surface area contributed by atoms with Crippen molar-refractivity contribution in [3.8, 4) is 0 Å². The fourth-order valence-electron chi connectivity index (χ4n) is 2.47. The number of nitrogen functional groups attached to an aromatic ring is 2. The summed E-state index contributed by atoms with van der Waals surface area (Å²) in [4.78, 5) is 0. The van der Waals surface area contributed by atoms with Crippen LogP contribution in [0.25, 0.3) is 0 Å². The summed E-state index contributed by atoms with van der Waals surface area (Å²) in [5.41, 5.74) is 16.0. The summed E-state index contributed by atoms with van der Waals surface area (Å²) in [6.45, 7) is 0. The number of benzene rings is 2. The van der Waals surface area contributed by atoms with Gasteiger partial charge in [0, 0.05) is 16.8 Å². The predicted octanol–water partition coefficient (Wildman–Crippen LogP) is 2.93. The van der Waals surface area contributed by atoms with E-state index in [1.165, 1.54) is 24.0 Å². The lowest BCUT2D eigenvalue weighted by molar-refractivity contribution is 0.848. The smallest absolute Gasteiger partial charge is 0.0314 e. The number of anilines is 2. The molecule has 0 heterocycles. The van der Waals surface area contributed by atoms with E-state index < -0.39 is 0 Å². The molecule has 0 amide bonds. The molecule has 2 aromatic rings. The highest BCUT2D eigenvalue weighted by Gasteiger charge is 2.45. The van der Waals surface area contributed by atoms with Gasteiger partial charge in [0.1, 0.15) is 0 Å². The Balaban J connectivity index is 2.01. The van der Waals surface area contributed by atoms with Crippen LogP contribution in [0.5, 0.6) is 0 Å². The molecule has 17 heavy (non-hydrogen) atoms. The molecule has 1 aliphatic rings. The van der Waals surface area contributed by atoms with Gasteiger partial charge in [0.05, 0.1) is 0 Å². The lowest BCUT2D eigenvalue weighted by Crippen LogP contribution is -2.08. The van der Waals surface area contributed by atoms with Crippen LogP contribution in [0.2, 0.25) is 0 Å². The van der Waals surface area contributed by atoms with E-state index in [-0.39, 0.29) is 5.41 Å². The highest BCUT2D eigenvalue weighted by Crippen LogP contribution is 2.53. The molecule has 86 valence electrons. The van der Waals surface area contributed by atoms with Gasteiger partial charge in [-0.3, -0.25) is 0 Å². The van der Waals surface area contributed by atoms with Gasteiger partial charge in [0.2, 0.25) is 0 Å². The Morgan fingerprint density at radius 1 is 0.647 bits per heavy atom. The van der Waals surface area contributed by atoms with E-state index in [0.29, 0.717) is 0 Å². The zero-order chi connectivity index (χ0) is 11.9. The third kappa shape index (κ3) is 1.66. The maximum absolute atomic E-state index is 5.73. The first-order chi connectivity index (χ1) is 8.21. The van der Waals surface area contributed by atoms with E-state index in [2.05, 4.69) is 24.3 Å². The fraction of sp³-hybridized carbons (Fsp3) is 0.200. The molecule has 2 nitrogen and oxygen atoms in total. The van der Waals surface area contributed by atoms with Crippen molar-refractivity contribution in [1.29, 1.82) is 0 Å². The lowest BCUT2D eigenvalue weighted by atomic mass is 9.88. The summed E-state index contributed by atoms with van der Waals surface area (Å²) in [7, 11) is 0. The molecule has 0 radical (unpaired) electrons. The molecule has 2 heteroatoms. The van der Waals surface area contributed by atoms with Crippen molar-refractivity contribution in [1.82, 2.24) is 0 Å². The van der Waals surface area contributed by atoms with Crippen LogP contribution in [0.3, 0.4) is 0 Å². The summed E-state index contributed by atoms with van der Waals surface area (Å²) in [6.07, 6.45) is 2.42. The Morgan fingerprint density at radius 2 is 1.00 bits per heavy atom. The third-order valence-corrected chi connectivity index (χ3v) is 3.68. The number of rotatable bonds is 2. The standard InChI is InChI=1S/C15H16N2/c16-13-5-1-11(2-6-13)15(9-10-15)12-3-7-14(17)8-4-12/h1-8H,9-10,16-17H2. The largest absolute Gasteiger partial charge is 0.399 e. The molecule has 0 aromatic heterocycles. The topological polar surface area (TPSA) is 52.0 Å². The highest BCUT2D eigenvalue weighted by molar-refractivity contribution is 5.51. The van der Waals surface area contributed by atoms with E-state index in [4.69, 9.17) is 11.5 Å². The number of nitrogens with two attached hydrogens (primary N) is 2. The van der Waals surface area contributed by atoms with Crippen molar-refractivity contribution in [2.24, 2.45) is 0 Å². The van der Waals surface area contributed by atoms with E-state index in [9.17, 15) is 0 Å². The quantitative estimate of drug-likeness (QED) is 0.770. The van der Waals surface area contributed by atoms with Gasteiger partial charge in [-0.15, -0.1) is 0 Å². The van der Waals surface area contributed by atoms with Gasteiger partial charge in [0.15, 0.2) is 0 Å². The maximum atomic E-state index is 5.73. The van der Waals surface area contributed by atoms with E-state index >= 15 is 0 Å². The van der Waals surface area contributed by atoms with Crippen LogP contribution in [0.4, 0.5) is 11.4 Å². The summed E-state index contributed by atoms with van der Waals surface area (Å²) in [5.74, 6) is 0. The van der Waals surface area contributed by atoms with Gasteiger partial charge >= 0.3 is 0 Å². The molecule has 0 saturated heterocycles. The van der Waals surface area contributed by atoms with Crippen molar-refractivity contribution in [3.63, 3.8) is 0 Å². The van der Waals surface area contributed by atoms with Crippen LogP contribution >= 0.6 is 0 Å². The zero-order valence-electron chi connectivity index (χ0n) is 9.69. The van der Waals surface area contributed by atoms with Crippen LogP contribution in [-0.4, -0.2) is 0 Å². The van der Waals surface area contributed by atoms with E-state index in [0.717, 1.165) is 11.4 Å². The highest BCUT2D eigenvalue weighted by atomic mass is 14.6. The van der Waals surface area contributed by atoms with Gasteiger partial charge in [-0.1, -0.05) is 24.3 Å². The Kier molecular flexibility index (Phi) is 2.11. The molecule has 2 aromatic carbocycles. The molecule has 0 aliphatic heterocycles. The summed E-state index contributed by atoms with van der Waals surface area (Å²) in [5, 5.41) is 0. The monoisotopic (exact) mass is 224 g/mol. The summed E-state index contributed by atoms with van der Waals surface area (Å²) >= 11 is 0. The Bertz CT molecular complexity index is 474. The molecule has 4 N–H and O–H groups in total. The predicted molar refractivity (Wildman–Crippen MR) is 71.7 cm³/mol. The van der Waals surface area contributed by atoms with Gasteiger partial charge < -0.3 is 11.5 Å². The average molecular weight is 224 g/mol. The summed E-state index contributed by atoms with van der Waals surface area (Å²) in [6, 6.07) is 16.5. The fourth-order valence-corrected chi connectivity index (χ4v) is 2.47. The molecule has 0 atom stereocenters. The molecule has 1 saturated carbocycles. The molecule has 0 bridgehead atoms. The molecule has 1 aliphatic carbocycles. The van der Waals surface area contributed by atoms with Crippen molar-refractivity contribution in [3.05, 3.63) is 59.7 Å². The molecule has 1 fully saturated rings. The second-order valence-corrected chi connectivity index (χ2v) is 4.83. The van der Waals surface area contributed by atoms with Gasteiger partial charge in [0.25, 0.3) is 0 Å². The minimum atomic E-state index is 0.210. The van der Waals surface area contributed by atoms with Crippen LogP contribution in [0.1, 0.15) is 24.0 Å². The first kappa shape index (κ1) is 10.2. The molecule has 0 spiro atoms. The van der Waals surface area contributed by atoms with Crippen LogP contribution < -0.4 is 11.5 Å². The molecule has 0 unspecified atom stereocenters. The SMILES string of the molecule is Nc1ccc(C2(c3ccc(N)cc3)CC2)cc1. The van der Waals surface area contributed by atoms with Crippen molar-refractivity contribution in [2.75, 3.05) is 11.5 Å².